The molecule has 0 fully saturated rings. The maximum Gasteiger partial charge on any atom is 0.387 e. The van der Waals surface area contributed by atoms with E-state index in [1.807, 2.05) is 6.92 Å². The number of hydrogen-bond acceptors (Lipinski definition) is 4. The molecule has 1 unspecified atom stereocenters. The zero-order valence-electron chi connectivity index (χ0n) is 11.6. The Morgan fingerprint density at radius 1 is 1.25 bits per heavy atom. The smallest absolute Gasteiger partial charge is 0.387 e. The Morgan fingerprint density at radius 2 is 1.90 bits per heavy atom. The molecule has 6 heteroatoms. The largest absolute Gasteiger partial charge is 0.465 e. The predicted molar refractivity (Wildman–Crippen MR) is 70.7 cm³/mol. The van der Waals surface area contributed by atoms with Crippen molar-refractivity contribution in [3.8, 4) is 5.75 Å². The van der Waals surface area contributed by atoms with Crippen LogP contribution in [0.5, 0.6) is 5.75 Å². The normalized spacial score (nSPS) is 12.2. The Labute approximate surface area is 117 Å². The SMILES string of the molecule is CCCNC(C(=O)OCC)c1ccc(OC(F)F)cc1. The van der Waals surface area contributed by atoms with E-state index in [4.69, 9.17) is 4.74 Å². The average molecular weight is 287 g/mol. The Morgan fingerprint density at radius 3 is 2.40 bits per heavy atom. The van der Waals surface area contributed by atoms with Crippen molar-refractivity contribution >= 4 is 5.97 Å². The fraction of sp³-hybridized carbons (Fsp3) is 0.500. The lowest BCUT2D eigenvalue weighted by Gasteiger charge is -2.17. The average Bonchev–Trinajstić information content (AvgIpc) is 2.40. The summed E-state index contributed by atoms with van der Waals surface area (Å²) in [5, 5.41) is 3.07. The highest BCUT2D eigenvalue weighted by Gasteiger charge is 2.21. The van der Waals surface area contributed by atoms with Crippen LogP contribution in [0.1, 0.15) is 31.9 Å². The van der Waals surface area contributed by atoms with E-state index in [9.17, 15) is 13.6 Å². The molecular formula is C14H19F2NO3. The fourth-order valence-electron chi connectivity index (χ4n) is 1.69. The van der Waals surface area contributed by atoms with Crippen LogP contribution in [-0.4, -0.2) is 25.7 Å². The first-order valence-corrected chi connectivity index (χ1v) is 6.53. The lowest BCUT2D eigenvalue weighted by atomic mass is 10.1. The molecule has 0 saturated heterocycles. The van der Waals surface area contributed by atoms with Gasteiger partial charge in [-0.25, -0.2) is 4.79 Å². The number of carbonyl (C=O) groups is 1. The number of benzene rings is 1. The lowest BCUT2D eigenvalue weighted by molar-refractivity contribution is -0.145. The number of carbonyl (C=O) groups excluding carboxylic acids is 1. The minimum absolute atomic E-state index is 0.0573. The summed E-state index contributed by atoms with van der Waals surface area (Å²) in [5.41, 5.74) is 0.651. The molecule has 0 aliphatic carbocycles. The lowest BCUT2D eigenvalue weighted by Crippen LogP contribution is -2.30. The van der Waals surface area contributed by atoms with Crippen molar-refractivity contribution in [3.05, 3.63) is 29.8 Å². The van der Waals surface area contributed by atoms with Gasteiger partial charge in [-0.05, 0) is 37.6 Å². The van der Waals surface area contributed by atoms with Crippen LogP contribution in [0.15, 0.2) is 24.3 Å². The van der Waals surface area contributed by atoms with Crippen LogP contribution in [0.4, 0.5) is 8.78 Å². The van der Waals surface area contributed by atoms with Gasteiger partial charge < -0.3 is 14.8 Å². The molecule has 1 rings (SSSR count). The minimum Gasteiger partial charge on any atom is -0.465 e. The molecule has 1 atom stereocenters. The van der Waals surface area contributed by atoms with Crippen molar-refractivity contribution in [2.24, 2.45) is 0 Å². The second-order valence-electron chi connectivity index (χ2n) is 4.09. The molecule has 112 valence electrons. The van der Waals surface area contributed by atoms with Crippen molar-refractivity contribution < 1.29 is 23.0 Å². The zero-order chi connectivity index (χ0) is 15.0. The van der Waals surface area contributed by atoms with Crippen LogP contribution in [0, 0.1) is 0 Å². The summed E-state index contributed by atoms with van der Waals surface area (Å²) in [4.78, 5) is 11.9. The number of ether oxygens (including phenoxy) is 2. The third kappa shape index (κ3) is 5.13. The van der Waals surface area contributed by atoms with Crippen LogP contribution >= 0.6 is 0 Å². The van der Waals surface area contributed by atoms with Crippen LogP contribution in [-0.2, 0) is 9.53 Å². The van der Waals surface area contributed by atoms with Gasteiger partial charge in [0.05, 0.1) is 6.61 Å². The van der Waals surface area contributed by atoms with E-state index in [1.54, 1.807) is 19.1 Å². The van der Waals surface area contributed by atoms with E-state index in [0.29, 0.717) is 12.1 Å². The first-order chi connectivity index (χ1) is 9.58. The van der Waals surface area contributed by atoms with E-state index in [-0.39, 0.29) is 18.3 Å². The molecule has 0 heterocycles. The monoisotopic (exact) mass is 287 g/mol. The molecule has 20 heavy (non-hydrogen) atoms. The van der Waals surface area contributed by atoms with Gasteiger partial charge in [0.1, 0.15) is 11.8 Å². The number of alkyl halides is 2. The van der Waals surface area contributed by atoms with E-state index in [1.165, 1.54) is 12.1 Å². The second-order valence-corrected chi connectivity index (χ2v) is 4.09. The number of halogens is 2. The highest BCUT2D eigenvalue weighted by atomic mass is 19.3. The summed E-state index contributed by atoms with van der Waals surface area (Å²) in [6.07, 6.45) is 0.864. The molecule has 0 spiro atoms. The maximum atomic E-state index is 12.1. The molecule has 0 radical (unpaired) electrons. The number of rotatable bonds is 8. The van der Waals surface area contributed by atoms with Gasteiger partial charge >= 0.3 is 12.6 Å². The first-order valence-electron chi connectivity index (χ1n) is 6.53. The Kier molecular flexibility index (Phi) is 6.93. The van der Waals surface area contributed by atoms with E-state index in [0.717, 1.165) is 6.42 Å². The fourth-order valence-corrected chi connectivity index (χ4v) is 1.69. The zero-order valence-corrected chi connectivity index (χ0v) is 11.6. The van der Waals surface area contributed by atoms with Gasteiger partial charge in [-0.3, -0.25) is 0 Å². The predicted octanol–water partition coefficient (Wildman–Crippen LogP) is 2.89. The third-order valence-corrected chi connectivity index (χ3v) is 2.56. The van der Waals surface area contributed by atoms with Crippen LogP contribution in [0.25, 0.3) is 0 Å². The number of hydrogen-bond donors (Lipinski definition) is 1. The Bertz CT molecular complexity index is 409. The molecular weight excluding hydrogens is 268 g/mol. The van der Waals surface area contributed by atoms with Crippen LogP contribution in [0.3, 0.4) is 0 Å². The molecule has 0 aromatic heterocycles. The van der Waals surface area contributed by atoms with Gasteiger partial charge in [0.2, 0.25) is 0 Å². The van der Waals surface area contributed by atoms with Crippen molar-refractivity contribution in [1.82, 2.24) is 5.32 Å². The van der Waals surface area contributed by atoms with Crippen LogP contribution < -0.4 is 10.1 Å². The van der Waals surface area contributed by atoms with Gasteiger partial charge in [0.15, 0.2) is 0 Å². The molecule has 1 aromatic rings. The van der Waals surface area contributed by atoms with Crippen molar-refractivity contribution in [1.29, 1.82) is 0 Å². The van der Waals surface area contributed by atoms with Gasteiger partial charge in [0.25, 0.3) is 0 Å². The van der Waals surface area contributed by atoms with Crippen molar-refractivity contribution in [3.63, 3.8) is 0 Å². The van der Waals surface area contributed by atoms with Crippen molar-refractivity contribution in [2.45, 2.75) is 32.9 Å². The van der Waals surface area contributed by atoms with Crippen molar-refractivity contribution in [2.75, 3.05) is 13.2 Å². The third-order valence-electron chi connectivity index (χ3n) is 2.56. The maximum absolute atomic E-state index is 12.1. The molecule has 0 aliphatic heterocycles. The molecule has 1 N–H and O–H groups in total. The summed E-state index contributed by atoms with van der Waals surface area (Å²) < 4.78 is 33.4. The quantitative estimate of drug-likeness (QED) is 0.747. The molecule has 4 nitrogen and oxygen atoms in total. The summed E-state index contributed by atoms with van der Waals surface area (Å²) in [5.74, 6) is -0.328. The highest BCUT2D eigenvalue weighted by molar-refractivity contribution is 5.77. The first kappa shape index (κ1) is 16.4. The van der Waals surface area contributed by atoms with Gasteiger partial charge in [-0.15, -0.1) is 0 Å². The van der Waals surface area contributed by atoms with E-state index >= 15 is 0 Å². The number of nitrogens with one attached hydrogen (secondary N) is 1. The van der Waals surface area contributed by atoms with E-state index in [2.05, 4.69) is 10.1 Å². The Hall–Kier alpha value is -1.69. The Balaban J connectivity index is 2.81. The van der Waals surface area contributed by atoms with E-state index < -0.39 is 12.7 Å². The van der Waals surface area contributed by atoms with Gasteiger partial charge in [0, 0.05) is 0 Å². The molecule has 1 aromatic carbocycles. The minimum atomic E-state index is -2.86. The molecule has 0 aliphatic rings. The van der Waals surface area contributed by atoms with Crippen LogP contribution in [0.2, 0.25) is 0 Å². The molecule has 0 saturated carbocycles. The number of esters is 1. The summed E-state index contributed by atoms with van der Waals surface area (Å²) in [7, 11) is 0. The molecule has 0 amide bonds. The second kappa shape index (κ2) is 8.47. The topological polar surface area (TPSA) is 47.6 Å². The highest BCUT2D eigenvalue weighted by Crippen LogP contribution is 2.20. The van der Waals surface area contributed by atoms with Gasteiger partial charge in [-0.2, -0.15) is 8.78 Å². The summed E-state index contributed by atoms with van der Waals surface area (Å²) in [6.45, 7) is 1.79. The molecule has 0 bridgehead atoms. The summed E-state index contributed by atoms with van der Waals surface area (Å²) in [6, 6.07) is 5.35. The standard InChI is InChI=1S/C14H19F2NO3/c1-3-9-17-12(13(18)19-4-2)10-5-7-11(8-6-10)20-14(15)16/h5-8,12,14,17H,3-4,9H2,1-2H3. The summed E-state index contributed by atoms with van der Waals surface area (Å²) >= 11 is 0. The van der Waals surface area contributed by atoms with Gasteiger partial charge in [-0.1, -0.05) is 19.1 Å².